The van der Waals surface area contributed by atoms with Gasteiger partial charge in [-0.05, 0) is 17.7 Å². The summed E-state index contributed by atoms with van der Waals surface area (Å²) in [6.45, 7) is 4.53. The molecule has 0 saturated heterocycles. The number of benzene rings is 2. The van der Waals surface area contributed by atoms with Crippen molar-refractivity contribution >= 4 is 34.3 Å². The van der Waals surface area contributed by atoms with Crippen LogP contribution in [0.15, 0.2) is 72.2 Å². The van der Waals surface area contributed by atoms with E-state index >= 15 is 0 Å². The van der Waals surface area contributed by atoms with Crippen molar-refractivity contribution in [1.29, 1.82) is 0 Å². The largest absolute Gasteiger partial charge is 0.330 e. The van der Waals surface area contributed by atoms with Crippen LogP contribution in [0.4, 0.5) is 11.4 Å². The molecule has 1 heterocycles. The minimum Gasteiger partial charge on any atom is -0.330 e. The summed E-state index contributed by atoms with van der Waals surface area (Å²) < 4.78 is 0. The molecule has 0 radical (unpaired) electrons. The third-order valence-electron chi connectivity index (χ3n) is 3.47. The second-order valence-corrected chi connectivity index (χ2v) is 5.35. The van der Waals surface area contributed by atoms with Crippen LogP contribution in [-0.4, -0.2) is 17.2 Å². The van der Waals surface area contributed by atoms with Gasteiger partial charge in [0.25, 0.3) is 0 Å². The first-order valence-electron chi connectivity index (χ1n) is 6.93. The summed E-state index contributed by atoms with van der Waals surface area (Å²) in [5, 5.41) is 0. The summed E-state index contributed by atoms with van der Waals surface area (Å²) in [6, 6.07) is 18.3. The molecule has 21 heavy (non-hydrogen) atoms. The van der Waals surface area contributed by atoms with Crippen LogP contribution in [0, 0.1) is 0 Å². The summed E-state index contributed by atoms with van der Waals surface area (Å²) in [7, 11) is 0. The van der Waals surface area contributed by atoms with Crippen LogP contribution in [0.2, 0.25) is 0 Å². The van der Waals surface area contributed by atoms with Gasteiger partial charge in [0.2, 0.25) is 0 Å². The zero-order valence-electron chi connectivity index (χ0n) is 11.7. The Bertz CT molecular complexity index is 704. The number of aliphatic imine (C=N–C) groups is 1. The van der Waals surface area contributed by atoms with Crippen LogP contribution in [0.3, 0.4) is 0 Å². The molecular weight excluding hydrogens is 276 g/mol. The molecule has 2 nitrogen and oxygen atoms in total. The first-order valence-corrected chi connectivity index (χ1v) is 7.33. The van der Waals surface area contributed by atoms with Gasteiger partial charge in [0, 0.05) is 13.0 Å². The lowest BCUT2D eigenvalue weighted by molar-refractivity contribution is 1.15. The van der Waals surface area contributed by atoms with Crippen LogP contribution < -0.4 is 4.90 Å². The Labute approximate surface area is 130 Å². The van der Waals surface area contributed by atoms with E-state index < -0.39 is 0 Å². The molecular formula is C18H16N2S. The van der Waals surface area contributed by atoms with E-state index in [1.807, 2.05) is 42.5 Å². The molecule has 2 aromatic carbocycles. The van der Waals surface area contributed by atoms with Gasteiger partial charge in [-0.1, -0.05) is 60.8 Å². The standard InChI is InChI=1S/C18H16N2S/c1-2-12-20-17-11-7-6-10-15(17)19-16(13-18(20)21)14-8-4-3-5-9-14/h2-11H,1,12-13H2. The van der Waals surface area contributed by atoms with Crippen molar-refractivity contribution in [3.63, 3.8) is 0 Å². The van der Waals surface area contributed by atoms with Gasteiger partial charge in [-0.15, -0.1) is 6.58 Å². The van der Waals surface area contributed by atoms with Crippen molar-refractivity contribution in [1.82, 2.24) is 0 Å². The molecule has 0 N–H and O–H groups in total. The molecule has 1 aliphatic rings. The fraction of sp³-hybridized carbons (Fsp3) is 0.111. The van der Waals surface area contributed by atoms with Gasteiger partial charge in [0.05, 0.1) is 22.1 Å². The molecule has 0 amide bonds. The number of nitrogens with zero attached hydrogens (tertiary/aromatic N) is 2. The fourth-order valence-electron chi connectivity index (χ4n) is 2.47. The molecule has 3 rings (SSSR count). The van der Waals surface area contributed by atoms with E-state index in [2.05, 4.69) is 29.7 Å². The lowest BCUT2D eigenvalue weighted by Gasteiger charge is -2.23. The maximum Gasteiger partial charge on any atom is 0.0887 e. The fourth-order valence-corrected chi connectivity index (χ4v) is 2.78. The number of hydrogen-bond acceptors (Lipinski definition) is 2. The monoisotopic (exact) mass is 292 g/mol. The Kier molecular flexibility index (Phi) is 3.93. The number of rotatable bonds is 3. The van der Waals surface area contributed by atoms with E-state index in [9.17, 15) is 0 Å². The van der Waals surface area contributed by atoms with Crippen molar-refractivity contribution in [2.45, 2.75) is 6.42 Å². The molecule has 0 atom stereocenters. The second kappa shape index (κ2) is 6.02. The Hall–Kier alpha value is -2.26. The molecule has 0 bridgehead atoms. The SMILES string of the molecule is C=CCN1C(=S)CC(c2ccccc2)=Nc2ccccc21. The predicted molar refractivity (Wildman–Crippen MR) is 93.8 cm³/mol. The molecule has 0 aliphatic carbocycles. The van der Waals surface area contributed by atoms with Crippen LogP contribution >= 0.6 is 12.2 Å². The predicted octanol–water partition coefficient (Wildman–Crippen LogP) is 4.53. The van der Waals surface area contributed by atoms with Gasteiger partial charge < -0.3 is 4.90 Å². The number of thiocarbonyl (C=S) groups is 1. The first kappa shape index (κ1) is 13.7. The zero-order valence-corrected chi connectivity index (χ0v) is 12.5. The van der Waals surface area contributed by atoms with E-state index in [0.29, 0.717) is 13.0 Å². The van der Waals surface area contributed by atoms with Gasteiger partial charge in [-0.2, -0.15) is 0 Å². The van der Waals surface area contributed by atoms with E-state index in [1.165, 1.54) is 0 Å². The highest BCUT2D eigenvalue weighted by Crippen LogP contribution is 2.33. The molecule has 104 valence electrons. The third-order valence-corrected chi connectivity index (χ3v) is 3.83. The second-order valence-electron chi connectivity index (χ2n) is 4.88. The maximum atomic E-state index is 5.63. The lowest BCUT2D eigenvalue weighted by atomic mass is 10.1. The molecule has 1 aliphatic heterocycles. The third kappa shape index (κ3) is 2.78. The maximum absolute atomic E-state index is 5.63. The Morgan fingerprint density at radius 2 is 1.81 bits per heavy atom. The normalized spacial score (nSPS) is 14.2. The Balaban J connectivity index is 2.10. The smallest absolute Gasteiger partial charge is 0.0887 e. The van der Waals surface area contributed by atoms with Gasteiger partial charge in [-0.25, -0.2) is 0 Å². The van der Waals surface area contributed by atoms with Crippen molar-refractivity contribution in [3.8, 4) is 0 Å². The highest BCUT2D eigenvalue weighted by atomic mass is 32.1. The summed E-state index contributed by atoms with van der Waals surface area (Å²) in [6.07, 6.45) is 2.54. The van der Waals surface area contributed by atoms with Crippen molar-refractivity contribution in [2.24, 2.45) is 4.99 Å². The molecule has 3 heteroatoms. The Morgan fingerprint density at radius 3 is 2.57 bits per heavy atom. The lowest BCUT2D eigenvalue weighted by Crippen LogP contribution is -2.30. The molecule has 0 spiro atoms. The van der Waals surface area contributed by atoms with Crippen molar-refractivity contribution in [3.05, 3.63) is 72.8 Å². The summed E-state index contributed by atoms with van der Waals surface area (Å²) in [4.78, 5) is 7.83. The number of para-hydroxylation sites is 2. The highest BCUT2D eigenvalue weighted by Gasteiger charge is 2.20. The minimum atomic E-state index is 0.669. The molecule has 2 aromatic rings. The number of fused-ring (bicyclic) bond motifs is 1. The quantitative estimate of drug-likeness (QED) is 0.610. The Morgan fingerprint density at radius 1 is 1.10 bits per heavy atom. The summed E-state index contributed by atoms with van der Waals surface area (Å²) in [5.41, 5.74) is 4.14. The summed E-state index contributed by atoms with van der Waals surface area (Å²) in [5.74, 6) is 0. The minimum absolute atomic E-state index is 0.669. The van der Waals surface area contributed by atoms with Crippen LogP contribution in [0.5, 0.6) is 0 Å². The van der Waals surface area contributed by atoms with Gasteiger partial charge >= 0.3 is 0 Å². The molecule has 0 unspecified atom stereocenters. The van der Waals surface area contributed by atoms with Crippen molar-refractivity contribution < 1.29 is 0 Å². The highest BCUT2D eigenvalue weighted by molar-refractivity contribution is 7.80. The molecule has 0 fully saturated rings. The van der Waals surface area contributed by atoms with E-state index in [1.54, 1.807) is 0 Å². The summed E-state index contributed by atoms with van der Waals surface area (Å²) >= 11 is 5.63. The van der Waals surface area contributed by atoms with Crippen molar-refractivity contribution in [2.75, 3.05) is 11.4 Å². The van der Waals surface area contributed by atoms with Gasteiger partial charge in [0.1, 0.15) is 0 Å². The topological polar surface area (TPSA) is 15.6 Å². The van der Waals surface area contributed by atoms with Gasteiger partial charge in [-0.3, -0.25) is 4.99 Å². The number of anilines is 1. The van der Waals surface area contributed by atoms with E-state index in [4.69, 9.17) is 17.2 Å². The van der Waals surface area contributed by atoms with E-state index in [-0.39, 0.29) is 0 Å². The number of hydrogen-bond donors (Lipinski definition) is 0. The average Bonchev–Trinajstić information content (AvgIpc) is 2.66. The zero-order chi connectivity index (χ0) is 14.7. The van der Waals surface area contributed by atoms with Crippen LogP contribution in [0.25, 0.3) is 0 Å². The first-order chi connectivity index (χ1) is 10.3. The van der Waals surface area contributed by atoms with E-state index in [0.717, 1.165) is 27.6 Å². The molecule has 0 aromatic heterocycles. The van der Waals surface area contributed by atoms with Crippen LogP contribution in [-0.2, 0) is 0 Å². The van der Waals surface area contributed by atoms with Crippen LogP contribution in [0.1, 0.15) is 12.0 Å². The molecule has 0 saturated carbocycles. The average molecular weight is 292 g/mol. The van der Waals surface area contributed by atoms with Gasteiger partial charge in [0.15, 0.2) is 0 Å².